The summed E-state index contributed by atoms with van der Waals surface area (Å²) < 4.78 is 0. The first kappa shape index (κ1) is 45.5. The van der Waals surface area contributed by atoms with E-state index in [0.29, 0.717) is 10.0 Å². The zero-order valence-electron chi connectivity index (χ0n) is 25.2. The standard InChI is InChI=1S/2C10H8N2.2C7H5ClO2.Cd.3H2O/c2*1-3-7-11-9(5-1)10-6-2-4-8-12-10;2*8-6-3-1-5(2-4-6)7(9)10;;;;/h2*1-8H;2*1-4H,(H,9,10);;3*1H2/q;;;;+2;;;/p-2. The number of carboxylic acids is 2. The van der Waals surface area contributed by atoms with Crippen LogP contribution in [-0.4, -0.2) is 48.3 Å². The Balaban J connectivity index is 0. The molecule has 14 heteroatoms. The summed E-state index contributed by atoms with van der Waals surface area (Å²) >= 11 is 11.0. The maximum Gasteiger partial charge on any atom is 2.00 e. The number of benzene rings is 2. The molecule has 0 amide bonds. The Hall–Kier alpha value is -4.64. The van der Waals surface area contributed by atoms with E-state index in [1.54, 1.807) is 24.8 Å². The third kappa shape index (κ3) is 16.8. The quantitative estimate of drug-likeness (QED) is 0.240. The van der Waals surface area contributed by atoms with Gasteiger partial charge in [-0.15, -0.1) is 0 Å². The topological polar surface area (TPSA) is 226 Å². The average molecular weight is 790 g/mol. The van der Waals surface area contributed by atoms with Gasteiger partial charge in [0.1, 0.15) is 0 Å². The smallest absolute Gasteiger partial charge is 0.545 e. The van der Waals surface area contributed by atoms with Crippen molar-refractivity contribution < 1.29 is 63.5 Å². The van der Waals surface area contributed by atoms with Gasteiger partial charge in [0.05, 0.1) is 34.7 Å². The van der Waals surface area contributed by atoms with Gasteiger partial charge in [-0.05, 0) is 83.9 Å². The second-order valence-corrected chi connectivity index (χ2v) is 9.32. The van der Waals surface area contributed by atoms with Gasteiger partial charge in [0.2, 0.25) is 0 Å². The van der Waals surface area contributed by atoms with Crippen LogP contribution in [0.4, 0.5) is 0 Å². The third-order valence-corrected chi connectivity index (χ3v) is 5.85. The normalized spacial score (nSPS) is 8.71. The van der Waals surface area contributed by atoms with Crippen molar-refractivity contribution in [3.63, 3.8) is 0 Å². The molecule has 4 heterocycles. The van der Waals surface area contributed by atoms with Gasteiger partial charge in [-0.25, -0.2) is 0 Å². The molecule has 0 spiro atoms. The zero-order valence-corrected chi connectivity index (χ0v) is 30.8. The maximum atomic E-state index is 10.2. The number of aromatic nitrogens is 4. The SMILES string of the molecule is O.O.O.O=C([O-])c1ccc(Cl)cc1.O=C([O-])c1ccc(Cl)cc1.[Cd+2].c1ccc(-c2ccccn2)nc1.c1ccc(-c2ccccn2)nc1. The van der Waals surface area contributed by atoms with Crippen LogP contribution in [0.1, 0.15) is 20.7 Å². The minimum Gasteiger partial charge on any atom is -0.545 e. The van der Waals surface area contributed by atoms with E-state index in [4.69, 9.17) is 23.2 Å². The van der Waals surface area contributed by atoms with E-state index in [1.165, 1.54) is 48.5 Å². The number of nitrogens with zero attached hydrogens (tertiary/aromatic N) is 4. The van der Waals surface area contributed by atoms with E-state index in [9.17, 15) is 19.8 Å². The fourth-order valence-electron chi connectivity index (χ4n) is 3.23. The van der Waals surface area contributed by atoms with E-state index in [-0.39, 0.29) is 54.9 Å². The molecule has 2 aromatic carbocycles. The summed E-state index contributed by atoms with van der Waals surface area (Å²) in [6, 6.07) is 34.8. The van der Waals surface area contributed by atoms with Gasteiger partial charge in [0.25, 0.3) is 0 Å². The van der Waals surface area contributed by atoms with Crippen LogP contribution in [-0.2, 0) is 27.3 Å². The Kier molecular flexibility index (Phi) is 24.1. The molecule has 0 radical (unpaired) electrons. The number of carboxylic acid groups (broad SMARTS) is 2. The van der Waals surface area contributed by atoms with Crippen LogP contribution < -0.4 is 10.2 Å². The number of pyridine rings is 4. The molecular formula is C34H30CdCl2N4O7. The molecule has 0 atom stereocenters. The Morgan fingerprint density at radius 3 is 0.812 bits per heavy atom. The number of halogens is 2. The first-order chi connectivity index (χ1) is 21.3. The van der Waals surface area contributed by atoms with Crippen molar-refractivity contribution in [2.45, 2.75) is 0 Å². The molecule has 0 aliphatic rings. The van der Waals surface area contributed by atoms with Crippen LogP contribution in [0.3, 0.4) is 0 Å². The molecule has 0 saturated carbocycles. The van der Waals surface area contributed by atoms with E-state index in [0.717, 1.165) is 22.8 Å². The Morgan fingerprint density at radius 1 is 0.417 bits per heavy atom. The Labute approximate surface area is 307 Å². The van der Waals surface area contributed by atoms with Crippen LogP contribution in [0.2, 0.25) is 10.0 Å². The number of rotatable bonds is 4. The number of carbonyl (C=O) groups excluding carboxylic acids is 2. The molecule has 0 aliphatic heterocycles. The van der Waals surface area contributed by atoms with Crippen LogP contribution in [0, 0.1) is 0 Å². The van der Waals surface area contributed by atoms with Crippen molar-refractivity contribution in [2.24, 2.45) is 0 Å². The summed E-state index contributed by atoms with van der Waals surface area (Å²) in [6.07, 6.45) is 7.07. The Bertz CT molecular complexity index is 1510. The number of hydrogen-bond acceptors (Lipinski definition) is 8. The van der Waals surface area contributed by atoms with Crippen molar-refractivity contribution >= 4 is 35.1 Å². The molecule has 0 fully saturated rings. The number of carbonyl (C=O) groups is 2. The van der Waals surface area contributed by atoms with Crippen LogP contribution >= 0.6 is 23.2 Å². The van der Waals surface area contributed by atoms with Crippen LogP contribution in [0.15, 0.2) is 146 Å². The molecule has 11 nitrogen and oxygen atoms in total. The van der Waals surface area contributed by atoms with E-state index in [2.05, 4.69) is 19.9 Å². The van der Waals surface area contributed by atoms with Crippen molar-refractivity contribution in [3.05, 3.63) is 167 Å². The minimum absolute atomic E-state index is 0. The fraction of sp³-hybridized carbons (Fsp3) is 0. The van der Waals surface area contributed by atoms with E-state index < -0.39 is 11.9 Å². The summed E-state index contributed by atoms with van der Waals surface area (Å²) in [4.78, 5) is 37.1. The van der Waals surface area contributed by atoms with Gasteiger partial charge in [-0.3, -0.25) is 19.9 Å². The number of aromatic carboxylic acids is 2. The van der Waals surface area contributed by atoms with Crippen molar-refractivity contribution in [1.29, 1.82) is 0 Å². The summed E-state index contributed by atoms with van der Waals surface area (Å²) in [5.74, 6) is -2.37. The maximum absolute atomic E-state index is 10.2. The molecule has 0 aliphatic carbocycles. The summed E-state index contributed by atoms with van der Waals surface area (Å²) in [7, 11) is 0. The zero-order chi connectivity index (χ0) is 31.6. The van der Waals surface area contributed by atoms with E-state index >= 15 is 0 Å². The molecular weight excluding hydrogens is 760 g/mol. The van der Waals surface area contributed by atoms with Gasteiger partial charge in [-0.1, -0.05) is 71.7 Å². The molecule has 6 rings (SSSR count). The van der Waals surface area contributed by atoms with Gasteiger partial charge in [0, 0.05) is 34.8 Å². The molecule has 0 unspecified atom stereocenters. The summed E-state index contributed by atoms with van der Waals surface area (Å²) in [5, 5.41) is 21.4. The molecule has 0 bridgehead atoms. The average Bonchev–Trinajstić information content (AvgIpc) is 3.08. The molecule has 244 valence electrons. The van der Waals surface area contributed by atoms with E-state index in [1.807, 2.05) is 72.8 Å². The van der Waals surface area contributed by atoms with Crippen molar-refractivity contribution in [1.82, 2.24) is 19.9 Å². The second kappa shape index (κ2) is 25.5. The monoisotopic (exact) mass is 790 g/mol. The molecule has 0 saturated heterocycles. The molecule has 6 aromatic rings. The number of hydrogen-bond donors (Lipinski definition) is 0. The van der Waals surface area contributed by atoms with Gasteiger partial charge in [-0.2, -0.15) is 0 Å². The van der Waals surface area contributed by atoms with Crippen molar-refractivity contribution in [3.8, 4) is 22.8 Å². The first-order valence-corrected chi connectivity index (χ1v) is 13.7. The summed E-state index contributed by atoms with van der Waals surface area (Å²) in [6.45, 7) is 0. The Morgan fingerprint density at radius 2 is 0.646 bits per heavy atom. The third-order valence-electron chi connectivity index (χ3n) is 5.34. The molecule has 4 aromatic heterocycles. The van der Waals surface area contributed by atoms with Crippen molar-refractivity contribution in [2.75, 3.05) is 0 Å². The minimum atomic E-state index is -1.18. The van der Waals surface area contributed by atoms with Gasteiger partial charge < -0.3 is 36.2 Å². The second-order valence-electron chi connectivity index (χ2n) is 8.45. The fourth-order valence-corrected chi connectivity index (χ4v) is 3.48. The predicted molar refractivity (Wildman–Crippen MR) is 177 cm³/mol. The largest absolute Gasteiger partial charge is 2.00 e. The molecule has 48 heavy (non-hydrogen) atoms. The predicted octanol–water partition coefficient (Wildman–Crippen LogP) is 3.22. The summed E-state index contributed by atoms with van der Waals surface area (Å²) in [5.41, 5.74) is 3.95. The first-order valence-electron chi connectivity index (χ1n) is 12.9. The van der Waals surface area contributed by atoms with Gasteiger partial charge in [0.15, 0.2) is 0 Å². The van der Waals surface area contributed by atoms with Crippen LogP contribution in [0.5, 0.6) is 0 Å². The van der Waals surface area contributed by atoms with Gasteiger partial charge >= 0.3 is 27.3 Å². The molecule has 6 N–H and O–H groups in total. The van der Waals surface area contributed by atoms with Crippen LogP contribution in [0.25, 0.3) is 22.8 Å².